The van der Waals surface area contributed by atoms with Crippen LogP contribution >= 0.6 is 0 Å². The van der Waals surface area contributed by atoms with Gasteiger partial charge in [0.1, 0.15) is 17.6 Å². The molecule has 32 heavy (non-hydrogen) atoms. The average Bonchev–Trinajstić information content (AvgIpc) is 3.56. The SMILES string of the molecule is O=C1Nc2ccccc2/C1=C\C1CC=C(c2ccc(C(=O)NCCN3CCCC3)nc2)O1. The van der Waals surface area contributed by atoms with Gasteiger partial charge in [0.05, 0.1) is 0 Å². The van der Waals surface area contributed by atoms with E-state index in [-0.39, 0.29) is 17.9 Å². The fraction of sp³-hybridized carbons (Fsp3) is 0.320. The van der Waals surface area contributed by atoms with Crippen molar-refractivity contribution >= 4 is 28.8 Å². The molecule has 0 spiro atoms. The number of anilines is 1. The molecule has 0 saturated carbocycles. The van der Waals surface area contributed by atoms with Gasteiger partial charge in [0.2, 0.25) is 0 Å². The van der Waals surface area contributed by atoms with E-state index in [0.717, 1.165) is 36.4 Å². The Bertz CT molecular complexity index is 1080. The molecule has 2 N–H and O–H groups in total. The number of amides is 2. The Morgan fingerprint density at radius 2 is 2.06 bits per heavy atom. The fourth-order valence-corrected chi connectivity index (χ4v) is 4.36. The first-order chi connectivity index (χ1) is 15.7. The Labute approximate surface area is 187 Å². The van der Waals surface area contributed by atoms with E-state index in [1.807, 2.05) is 42.5 Å². The summed E-state index contributed by atoms with van der Waals surface area (Å²) in [5, 5.41) is 5.82. The topological polar surface area (TPSA) is 83.6 Å². The van der Waals surface area contributed by atoms with Crippen molar-refractivity contribution in [2.24, 2.45) is 0 Å². The van der Waals surface area contributed by atoms with Crippen molar-refractivity contribution in [3.05, 3.63) is 71.6 Å². The van der Waals surface area contributed by atoms with Crippen LogP contribution in [0.4, 0.5) is 5.69 Å². The molecule has 7 heteroatoms. The van der Waals surface area contributed by atoms with Crippen molar-refractivity contribution in [2.75, 3.05) is 31.5 Å². The van der Waals surface area contributed by atoms with E-state index in [1.165, 1.54) is 12.8 Å². The van der Waals surface area contributed by atoms with Crippen LogP contribution in [0.25, 0.3) is 11.3 Å². The van der Waals surface area contributed by atoms with Gasteiger partial charge in [0.15, 0.2) is 0 Å². The van der Waals surface area contributed by atoms with Crippen LogP contribution in [0.1, 0.15) is 40.9 Å². The summed E-state index contributed by atoms with van der Waals surface area (Å²) >= 11 is 0. The Morgan fingerprint density at radius 3 is 2.88 bits per heavy atom. The molecular weight excluding hydrogens is 404 g/mol. The van der Waals surface area contributed by atoms with Crippen LogP contribution in [-0.4, -0.2) is 54.0 Å². The molecule has 1 fully saturated rings. The zero-order valence-electron chi connectivity index (χ0n) is 17.8. The number of rotatable bonds is 6. The summed E-state index contributed by atoms with van der Waals surface area (Å²) in [6, 6.07) is 11.2. The summed E-state index contributed by atoms with van der Waals surface area (Å²) in [7, 11) is 0. The summed E-state index contributed by atoms with van der Waals surface area (Å²) < 4.78 is 6.05. The van der Waals surface area contributed by atoms with Crippen LogP contribution in [0, 0.1) is 0 Å². The minimum Gasteiger partial charge on any atom is -0.486 e. The number of carbonyl (C=O) groups excluding carboxylic acids is 2. The maximum atomic E-state index is 12.3. The van der Waals surface area contributed by atoms with Crippen LogP contribution in [-0.2, 0) is 9.53 Å². The molecule has 3 aliphatic rings. The molecule has 0 aliphatic carbocycles. The zero-order valence-corrected chi connectivity index (χ0v) is 17.8. The molecule has 5 rings (SSSR count). The van der Waals surface area contributed by atoms with Crippen LogP contribution in [0.3, 0.4) is 0 Å². The monoisotopic (exact) mass is 430 g/mol. The smallest absolute Gasteiger partial charge is 0.269 e. The van der Waals surface area contributed by atoms with Gasteiger partial charge in [-0.3, -0.25) is 14.6 Å². The molecule has 164 valence electrons. The number of para-hydroxylation sites is 1. The van der Waals surface area contributed by atoms with Gasteiger partial charge in [0.25, 0.3) is 11.8 Å². The summed E-state index contributed by atoms with van der Waals surface area (Å²) in [4.78, 5) is 31.3. The Morgan fingerprint density at radius 1 is 1.22 bits per heavy atom. The van der Waals surface area contributed by atoms with Crippen molar-refractivity contribution in [3.8, 4) is 0 Å². The number of hydrogen-bond acceptors (Lipinski definition) is 5. The summed E-state index contributed by atoms with van der Waals surface area (Å²) in [5.74, 6) is 0.447. The van der Waals surface area contributed by atoms with Gasteiger partial charge in [-0.2, -0.15) is 0 Å². The Balaban J connectivity index is 1.18. The van der Waals surface area contributed by atoms with Gasteiger partial charge in [-0.15, -0.1) is 0 Å². The minimum absolute atomic E-state index is 0.106. The lowest BCUT2D eigenvalue weighted by Crippen LogP contribution is -2.33. The van der Waals surface area contributed by atoms with Crippen molar-refractivity contribution in [1.82, 2.24) is 15.2 Å². The number of hydrogen-bond donors (Lipinski definition) is 2. The van der Waals surface area contributed by atoms with Crippen LogP contribution < -0.4 is 10.6 Å². The highest BCUT2D eigenvalue weighted by Gasteiger charge is 2.27. The second-order valence-corrected chi connectivity index (χ2v) is 8.28. The van der Waals surface area contributed by atoms with E-state index in [9.17, 15) is 9.59 Å². The predicted molar refractivity (Wildman–Crippen MR) is 123 cm³/mol. The van der Waals surface area contributed by atoms with E-state index in [2.05, 4.69) is 20.5 Å². The number of carbonyl (C=O) groups is 2. The van der Waals surface area contributed by atoms with Crippen molar-refractivity contribution < 1.29 is 14.3 Å². The lowest BCUT2D eigenvalue weighted by Gasteiger charge is -2.14. The van der Waals surface area contributed by atoms with Gasteiger partial charge in [-0.05, 0) is 56.3 Å². The molecule has 2 amide bonds. The van der Waals surface area contributed by atoms with Gasteiger partial charge in [-0.1, -0.05) is 18.2 Å². The number of ether oxygens (including phenoxy) is 1. The second kappa shape index (κ2) is 8.96. The summed E-state index contributed by atoms with van der Waals surface area (Å²) in [6.07, 6.45) is 8.47. The quantitative estimate of drug-likeness (QED) is 0.689. The molecule has 0 radical (unpaired) electrons. The van der Waals surface area contributed by atoms with Crippen LogP contribution in [0.15, 0.2) is 54.7 Å². The third-order valence-corrected chi connectivity index (χ3v) is 6.07. The number of nitrogens with one attached hydrogen (secondary N) is 2. The molecule has 1 aromatic heterocycles. The molecule has 4 heterocycles. The van der Waals surface area contributed by atoms with Gasteiger partial charge < -0.3 is 20.3 Å². The number of fused-ring (bicyclic) bond motifs is 1. The lowest BCUT2D eigenvalue weighted by atomic mass is 10.0. The minimum atomic E-state index is -0.217. The number of aromatic nitrogens is 1. The standard InChI is InChI=1S/C25H26N4O3/c30-24-20(19-5-1-2-6-21(19)28-24)15-18-8-10-23(32-18)17-7-9-22(27-16-17)25(31)26-11-14-29-12-3-4-13-29/h1-2,5-7,9-10,15-16,18H,3-4,8,11-14H2,(H,26,31)(H,28,30)/b20-15+. The highest BCUT2D eigenvalue weighted by Crippen LogP contribution is 2.34. The van der Waals surface area contributed by atoms with Gasteiger partial charge in [-0.25, -0.2) is 0 Å². The fourth-order valence-electron chi connectivity index (χ4n) is 4.36. The number of benzene rings is 1. The first kappa shape index (κ1) is 20.5. The molecule has 1 unspecified atom stereocenters. The third-order valence-electron chi connectivity index (χ3n) is 6.07. The number of nitrogens with zero attached hydrogens (tertiary/aromatic N) is 2. The zero-order chi connectivity index (χ0) is 21.9. The van der Waals surface area contributed by atoms with E-state index in [1.54, 1.807) is 12.3 Å². The molecular formula is C25H26N4O3. The molecule has 2 aromatic rings. The molecule has 1 atom stereocenters. The van der Waals surface area contributed by atoms with E-state index >= 15 is 0 Å². The highest BCUT2D eigenvalue weighted by atomic mass is 16.5. The number of likely N-dealkylation sites (tertiary alicyclic amines) is 1. The number of pyridine rings is 1. The molecule has 1 aromatic carbocycles. The molecule has 7 nitrogen and oxygen atoms in total. The van der Waals surface area contributed by atoms with Crippen LogP contribution in [0.5, 0.6) is 0 Å². The Hall–Kier alpha value is -3.45. The molecule has 1 saturated heterocycles. The Kier molecular flexibility index (Phi) is 5.73. The summed E-state index contributed by atoms with van der Waals surface area (Å²) in [5.41, 5.74) is 3.58. The average molecular weight is 431 g/mol. The van der Waals surface area contributed by atoms with Crippen LogP contribution in [0.2, 0.25) is 0 Å². The third kappa shape index (κ3) is 4.29. The second-order valence-electron chi connectivity index (χ2n) is 8.28. The lowest BCUT2D eigenvalue weighted by molar-refractivity contribution is -0.110. The van der Waals surface area contributed by atoms with Gasteiger partial charge in [0, 0.05) is 48.1 Å². The summed E-state index contributed by atoms with van der Waals surface area (Å²) in [6.45, 7) is 3.74. The highest BCUT2D eigenvalue weighted by molar-refractivity contribution is 6.31. The first-order valence-electron chi connectivity index (χ1n) is 11.1. The maximum Gasteiger partial charge on any atom is 0.269 e. The van der Waals surface area contributed by atoms with Gasteiger partial charge >= 0.3 is 0 Å². The first-order valence-corrected chi connectivity index (χ1v) is 11.1. The molecule has 0 bridgehead atoms. The van der Waals surface area contributed by atoms with Crippen molar-refractivity contribution in [2.45, 2.75) is 25.4 Å². The predicted octanol–water partition coefficient (Wildman–Crippen LogP) is 3.07. The normalized spacial score (nSPS) is 21.2. The largest absolute Gasteiger partial charge is 0.486 e. The van der Waals surface area contributed by atoms with E-state index in [0.29, 0.717) is 30.0 Å². The van der Waals surface area contributed by atoms with E-state index in [4.69, 9.17) is 4.74 Å². The molecule has 3 aliphatic heterocycles. The van der Waals surface area contributed by atoms with E-state index < -0.39 is 0 Å². The maximum absolute atomic E-state index is 12.3. The van der Waals surface area contributed by atoms with Crippen molar-refractivity contribution in [1.29, 1.82) is 0 Å². The van der Waals surface area contributed by atoms with Crippen molar-refractivity contribution in [3.63, 3.8) is 0 Å².